The van der Waals surface area contributed by atoms with Crippen LogP contribution in [0.25, 0.3) is 16.3 Å². The van der Waals surface area contributed by atoms with Crippen LogP contribution in [0.4, 0.5) is 0 Å². The number of carbonyl (C=O) groups is 1. The number of nitrogens with one attached hydrogen (secondary N) is 1. The predicted octanol–water partition coefficient (Wildman–Crippen LogP) is 6.32. The summed E-state index contributed by atoms with van der Waals surface area (Å²) in [6.07, 6.45) is 1.65. The van der Waals surface area contributed by atoms with Crippen LogP contribution in [-0.4, -0.2) is 20.7 Å². The molecule has 0 aliphatic carbocycles. The molecule has 3 aromatic heterocycles. The fourth-order valence-corrected chi connectivity index (χ4v) is 4.72. The summed E-state index contributed by atoms with van der Waals surface area (Å²) < 4.78 is 2.01. The SMILES string of the molecule is CC(NC(=O)c1nn(-c2ccc(Cl)cc2Cl)c(-c2ccc(Cl)s2)c1C#N)c1ccccn1. The van der Waals surface area contributed by atoms with E-state index in [-0.39, 0.29) is 17.3 Å². The number of hydrogen-bond acceptors (Lipinski definition) is 5. The van der Waals surface area contributed by atoms with E-state index in [0.717, 1.165) is 0 Å². The molecule has 4 rings (SSSR count). The predicted molar refractivity (Wildman–Crippen MR) is 127 cm³/mol. The highest BCUT2D eigenvalue weighted by Gasteiger charge is 2.27. The standard InChI is InChI=1S/C22H14Cl3N5OS/c1-12(16-4-2-3-9-27-16)28-22(31)20-14(11-26)21(18-7-8-19(25)32-18)30(29-20)17-6-5-13(23)10-15(17)24/h2-10,12H,1H3,(H,28,31). The molecule has 10 heteroatoms. The zero-order valence-corrected chi connectivity index (χ0v) is 19.6. The zero-order chi connectivity index (χ0) is 22.8. The molecule has 32 heavy (non-hydrogen) atoms. The molecule has 1 aromatic carbocycles. The topological polar surface area (TPSA) is 83.6 Å². The Kier molecular flexibility index (Phi) is 6.49. The molecule has 0 aliphatic rings. The molecule has 1 amide bonds. The molecule has 0 bridgehead atoms. The van der Waals surface area contributed by atoms with Crippen molar-refractivity contribution in [3.63, 3.8) is 0 Å². The molecule has 0 saturated heterocycles. The molecule has 160 valence electrons. The number of pyridine rings is 1. The lowest BCUT2D eigenvalue weighted by atomic mass is 10.1. The third kappa shape index (κ3) is 4.36. The van der Waals surface area contributed by atoms with E-state index in [1.54, 1.807) is 55.6 Å². The van der Waals surface area contributed by atoms with Gasteiger partial charge in [0.05, 0.1) is 31.7 Å². The summed E-state index contributed by atoms with van der Waals surface area (Å²) in [6.45, 7) is 1.80. The third-order valence-corrected chi connectivity index (χ3v) is 6.41. The van der Waals surface area contributed by atoms with Crippen molar-refractivity contribution in [2.75, 3.05) is 0 Å². The minimum Gasteiger partial charge on any atom is -0.343 e. The molecule has 0 fully saturated rings. The first-order valence-corrected chi connectivity index (χ1v) is 11.3. The van der Waals surface area contributed by atoms with Crippen molar-refractivity contribution in [3.05, 3.63) is 86.1 Å². The maximum atomic E-state index is 13.1. The van der Waals surface area contributed by atoms with E-state index in [4.69, 9.17) is 34.8 Å². The monoisotopic (exact) mass is 501 g/mol. The van der Waals surface area contributed by atoms with Gasteiger partial charge >= 0.3 is 0 Å². The fourth-order valence-electron chi connectivity index (χ4n) is 3.15. The van der Waals surface area contributed by atoms with Crippen LogP contribution in [0.2, 0.25) is 14.4 Å². The Morgan fingerprint density at radius 3 is 2.62 bits per heavy atom. The average Bonchev–Trinajstić information content (AvgIpc) is 3.37. The number of nitriles is 1. The number of halogens is 3. The van der Waals surface area contributed by atoms with Crippen molar-refractivity contribution in [2.24, 2.45) is 0 Å². The van der Waals surface area contributed by atoms with Gasteiger partial charge in [0.25, 0.3) is 5.91 Å². The second kappa shape index (κ2) is 9.31. The van der Waals surface area contributed by atoms with Gasteiger partial charge in [0, 0.05) is 11.2 Å². The van der Waals surface area contributed by atoms with Gasteiger partial charge in [-0.3, -0.25) is 9.78 Å². The highest BCUT2D eigenvalue weighted by Crippen LogP contribution is 2.37. The normalized spacial score (nSPS) is 11.7. The van der Waals surface area contributed by atoms with Crippen LogP contribution in [0.15, 0.2) is 54.7 Å². The minimum absolute atomic E-state index is 0.0270. The molecular weight excluding hydrogens is 489 g/mol. The van der Waals surface area contributed by atoms with Crippen LogP contribution in [0.3, 0.4) is 0 Å². The summed E-state index contributed by atoms with van der Waals surface area (Å²) in [6, 6.07) is 15.6. The Labute approximate surface area is 203 Å². The number of amides is 1. The second-order valence-electron chi connectivity index (χ2n) is 6.75. The smallest absolute Gasteiger partial charge is 0.273 e. The Hall–Kier alpha value is -2.89. The van der Waals surface area contributed by atoms with Gasteiger partial charge in [-0.2, -0.15) is 10.4 Å². The zero-order valence-electron chi connectivity index (χ0n) is 16.5. The Bertz CT molecular complexity index is 1340. The van der Waals surface area contributed by atoms with Gasteiger partial charge in [-0.05, 0) is 49.4 Å². The number of hydrogen-bond donors (Lipinski definition) is 1. The maximum absolute atomic E-state index is 13.1. The van der Waals surface area contributed by atoms with E-state index >= 15 is 0 Å². The molecule has 0 saturated carbocycles. The van der Waals surface area contributed by atoms with Gasteiger partial charge in [-0.25, -0.2) is 4.68 Å². The number of aromatic nitrogens is 3. The fraction of sp³-hybridized carbons (Fsp3) is 0.0909. The van der Waals surface area contributed by atoms with Gasteiger partial charge < -0.3 is 5.32 Å². The van der Waals surface area contributed by atoms with Crippen LogP contribution in [0.5, 0.6) is 0 Å². The molecule has 1 N–H and O–H groups in total. The lowest BCUT2D eigenvalue weighted by Crippen LogP contribution is -2.28. The molecule has 0 aliphatic heterocycles. The van der Waals surface area contributed by atoms with E-state index < -0.39 is 5.91 Å². The second-order valence-corrected chi connectivity index (χ2v) is 9.30. The van der Waals surface area contributed by atoms with Gasteiger partial charge in [-0.1, -0.05) is 40.9 Å². The van der Waals surface area contributed by atoms with E-state index in [0.29, 0.717) is 36.3 Å². The van der Waals surface area contributed by atoms with E-state index in [9.17, 15) is 10.1 Å². The molecule has 0 spiro atoms. The van der Waals surface area contributed by atoms with Gasteiger partial charge in [0.1, 0.15) is 17.3 Å². The first-order chi connectivity index (χ1) is 15.4. The van der Waals surface area contributed by atoms with Gasteiger partial charge in [0.2, 0.25) is 0 Å². The van der Waals surface area contributed by atoms with Crippen molar-refractivity contribution in [1.82, 2.24) is 20.1 Å². The maximum Gasteiger partial charge on any atom is 0.273 e. The summed E-state index contributed by atoms with van der Waals surface area (Å²) in [5.41, 5.74) is 1.67. The number of rotatable bonds is 5. The number of benzene rings is 1. The first-order valence-electron chi connectivity index (χ1n) is 9.35. The van der Waals surface area contributed by atoms with Crippen molar-refractivity contribution < 1.29 is 4.79 Å². The van der Waals surface area contributed by atoms with Crippen LogP contribution < -0.4 is 5.32 Å². The molecule has 1 unspecified atom stereocenters. The van der Waals surface area contributed by atoms with Crippen molar-refractivity contribution in [3.8, 4) is 22.3 Å². The van der Waals surface area contributed by atoms with Crippen LogP contribution >= 0.6 is 46.1 Å². The summed E-state index contributed by atoms with van der Waals surface area (Å²) >= 11 is 19.9. The summed E-state index contributed by atoms with van der Waals surface area (Å²) in [7, 11) is 0. The van der Waals surface area contributed by atoms with Gasteiger partial charge in [-0.15, -0.1) is 11.3 Å². The molecule has 4 aromatic rings. The van der Waals surface area contributed by atoms with Crippen LogP contribution in [0.1, 0.15) is 34.7 Å². The molecule has 6 nitrogen and oxygen atoms in total. The molecule has 3 heterocycles. The Morgan fingerprint density at radius 2 is 2.00 bits per heavy atom. The van der Waals surface area contributed by atoms with Crippen LogP contribution in [-0.2, 0) is 0 Å². The highest BCUT2D eigenvalue weighted by molar-refractivity contribution is 7.19. The van der Waals surface area contributed by atoms with E-state index in [1.165, 1.54) is 16.0 Å². The van der Waals surface area contributed by atoms with Crippen molar-refractivity contribution in [2.45, 2.75) is 13.0 Å². The number of nitrogens with zero attached hydrogens (tertiary/aromatic N) is 4. The lowest BCUT2D eigenvalue weighted by Gasteiger charge is -2.12. The van der Waals surface area contributed by atoms with Crippen LogP contribution in [0, 0.1) is 11.3 Å². The lowest BCUT2D eigenvalue weighted by molar-refractivity contribution is 0.0933. The summed E-state index contributed by atoms with van der Waals surface area (Å²) in [5.74, 6) is -0.507. The number of carbonyl (C=O) groups excluding carboxylic acids is 1. The number of thiophene rings is 1. The third-order valence-electron chi connectivity index (χ3n) is 4.64. The van der Waals surface area contributed by atoms with E-state index in [2.05, 4.69) is 21.5 Å². The van der Waals surface area contributed by atoms with Crippen molar-refractivity contribution >= 4 is 52.0 Å². The van der Waals surface area contributed by atoms with Gasteiger partial charge in [0.15, 0.2) is 5.69 Å². The quantitative estimate of drug-likeness (QED) is 0.346. The van der Waals surface area contributed by atoms with E-state index in [1.807, 2.05) is 6.07 Å². The summed E-state index contributed by atoms with van der Waals surface area (Å²) in [5, 5.41) is 18.1. The largest absolute Gasteiger partial charge is 0.343 e. The summed E-state index contributed by atoms with van der Waals surface area (Å²) in [4.78, 5) is 18.1. The molecular formula is C22H14Cl3N5OS. The Morgan fingerprint density at radius 1 is 1.19 bits per heavy atom. The molecule has 1 atom stereocenters. The molecule has 0 radical (unpaired) electrons. The van der Waals surface area contributed by atoms with Crippen molar-refractivity contribution in [1.29, 1.82) is 5.26 Å². The first kappa shape index (κ1) is 22.3. The minimum atomic E-state index is -0.507. The average molecular weight is 503 g/mol. The highest BCUT2D eigenvalue weighted by atomic mass is 35.5. The Balaban J connectivity index is 1.84.